The summed E-state index contributed by atoms with van der Waals surface area (Å²) >= 11 is 18.3. The zero-order valence-electron chi connectivity index (χ0n) is 16.6. The second-order valence-corrected chi connectivity index (χ2v) is 8.71. The van der Waals surface area contributed by atoms with Crippen molar-refractivity contribution in [1.82, 2.24) is 14.5 Å². The van der Waals surface area contributed by atoms with E-state index in [2.05, 4.69) is 5.10 Å². The van der Waals surface area contributed by atoms with Crippen LogP contribution in [0.1, 0.15) is 17.2 Å². The van der Waals surface area contributed by atoms with Crippen LogP contribution in [0, 0.1) is 10.6 Å². The molecule has 1 fully saturated rings. The molecule has 2 N–H and O–H groups in total. The fourth-order valence-electron chi connectivity index (χ4n) is 3.91. The highest BCUT2D eigenvalue weighted by molar-refractivity contribution is 7.71. The van der Waals surface area contributed by atoms with Crippen LogP contribution in [0.15, 0.2) is 72.8 Å². The van der Waals surface area contributed by atoms with Crippen LogP contribution in [0.3, 0.4) is 0 Å². The Morgan fingerprint density at radius 2 is 1.66 bits per heavy atom. The largest absolute Gasteiger partial charge is 0.354 e. The number of hydrogen-bond acceptors (Lipinski definition) is 4. The van der Waals surface area contributed by atoms with Crippen molar-refractivity contribution in [1.29, 1.82) is 0 Å². The lowest BCUT2D eigenvalue weighted by atomic mass is 9.91. The number of hydrogen-bond donors (Lipinski definition) is 1. The molecule has 0 aliphatic carbocycles. The third-order valence-corrected chi connectivity index (χ3v) is 6.67. The van der Waals surface area contributed by atoms with Crippen LogP contribution < -0.4 is 5.84 Å². The Bertz CT molecular complexity index is 1370. The summed E-state index contributed by atoms with van der Waals surface area (Å²) < 4.78 is 23.1. The Morgan fingerprint density at radius 3 is 2.34 bits per heavy atom. The van der Waals surface area contributed by atoms with Crippen LogP contribution in [0.2, 0.25) is 10.0 Å². The quantitative estimate of drug-likeness (QED) is 0.216. The molecule has 5 rings (SSSR count). The molecular formula is C23H17Cl2FN4OS. The minimum atomic E-state index is -0.830. The zero-order chi connectivity index (χ0) is 22.5. The maximum absolute atomic E-state index is 13.6. The van der Waals surface area contributed by atoms with Gasteiger partial charge >= 0.3 is 0 Å². The molecule has 5 nitrogen and oxygen atoms in total. The first kappa shape index (κ1) is 21.2. The van der Waals surface area contributed by atoms with Gasteiger partial charge in [0.05, 0.1) is 11.6 Å². The van der Waals surface area contributed by atoms with Crippen molar-refractivity contribution in [2.75, 3.05) is 5.84 Å². The summed E-state index contributed by atoms with van der Waals surface area (Å²) in [5.74, 6) is 6.34. The zero-order valence-corrected chi connectivity index (χ0v) is 18.9. The van der Waals surface area contributed by atoms with E-state index in [9.17, 15) is 4.39 Å². The van der Waals surface area contributed by atoms with E-state index in [0.717, 1.165) is 11.1 Å². The molecule has 0 bridgehead atoms. The first-order valence-electron chi connectivity index (χ1n) is 9.79. The first-order valence-corrected chi connectivity index (χ1v) is 11.0. The van der Waals surface area contributed by atoms with Crippen molar-refractivity contribution in [2.24, 2.45) is 0 Å². The number of rotatable bonds is 5. The average Bonchev–Trinajstić information content (AvgIpc) is 3.44. The van der Waals surface area contributed by atoms with Crippen molar-refractivity contribution in [2.45, 2.75) is 18.2 Å². The minimum absolute atomic E-state index is 0.259. The van der Waals surface area contributed by atoms with Crippen molar-refractivity contribution in [3.8, 4) is 11.4 Å². The molecule has 1 saturated heterocycles. The lowest BCUT2D eigenvalue weighted by Crippen LogP contribution is -2.21. The molecular weight excluding hydrogens is 470 g/mol. The molecule has 32 heavy (non-hydrogen) atoms. The number of epoxide rings is 1. The number of halogens is 3. The fourth-order valence-corrected chi connectivity index (χ4v) is 4.56. The molecule has 1 aliphatic heterocycles. The van der Waals surface area contributed by atoms with E-state index in [4.69, 9.17) is 46.0 Å². The van der Waals surface area contributed by atoms with E-state index in [1.165, 1.54) is 16.8 Å². The van der Waals surface area contributed by atoms with Gasteiger partial charge < -0.3 is 10.6 Å². The summed E-state index contributed by atoms with van der Waals surface area (Å²) in [6.45, 7) is 0.259. The third-order valence-electron chi connectivity index (χ3n) is 5.58. The SMILES string of the molecule is Nn1c(-c2ccccc2Cl)nn(C[C@@]2(c3ccc(F)cc3)O[C@@H]2c2ccccc2Cl)c1=S. The van der Waals surface area contributed by atoms with Gasteiger partial charge in [-0.15, -0.1) is 5.10 Å². The average molecular weight is 487 g/mol. The number of aromatic nitrogens is 3. The Hall–Kier alpha value is -2.71. The van der Waals surface area contributed by atoms with Crippen molar-refractivity contribution < 1.29 is 9.13 Å². The van der Waals surface area contributed by atoms with Crippen molar-refractivity contribution >= 4 is 35.4 Å². The molecule has 3 aromatic carbocycles. The van der Waals surface area contributed by atoms with E-state index in [-0.39, 0.29) is 18.5 Å². The maximum atomic E-state index is 13.6. The first-order chi connectivity index (χ1) is 15.4. The lowest BCUT2D eigenvalue weighted by molar-refractivity contribution is 0.261. The predicted molar refractivity (Wildman–Crippen MR) is 125 cm³/mol. The number of nitrogen functional groups attached to an aromatic ring is 1. The van der Waals surface area contributed by atoms with Crippen LogP contribution in [-0.4, -0.2) is 14.5 Å². The molecule has 0 amide bonds. The summed E-state index contributed by atoms with van der Waals surface area (Å²) in [6, 6.07) is 20.9. The summed E-state index contributed by atoms with van der Waals surface area (Å²) in [7, 11) is 0. The van der Waals surface area contributed by atoms with E-state index >= 15 is 0 Å². The number of nitrogens with two attached hydrogens (primary N) is 1. The van der Waals surface area contributed by atoms with Gasteiger partial charge in [0.1, 0.15) is 17.5 Å². The summed E-state index contributed by atoms with van der Waals surface area (Å²) in [6.07, 6.45) is -0.352. The predicted octanol–water partition coefficient (Wildman–Crippen LogP) is 5.91. The van der Waals surface area contributed by atoms with Gasteiger partial charge in [-0.1, -0.05) is 65.7 Å². The molecule has 1 aromatic heterocycles. The van der Waals surface area contributed by atoms with Gasteiger partial charge in [-0.05, 0) is 48.1 Å². The Balaban J connectivity index is 1.59. The molecule has 1 aliphatic rings. The van der Waals surface area contributed by atoms with Gasteiger partial charge in [0.2, 0.25) is 4.77 Å². The van der Waals surface area contributed by atoms with E-state index in [0.29, 0.717) is 26.2 Å². The molecule has 0 spiro atoms. The second-order valence-electron chi connectivity index (χ2n) is 7.53. The van der Waals surface area contributed by atoms with Gasteiger partial charge in [-0.3, -0.25) is 0 Å². The second kappa shape index (κ2) is 8.01. The number of benzene rings is 3. The van der Waals surface area contributed by atoms with Crippen LogP contribution in [-0.2, 0) is 16.9 Å². The molecule has 2 heterocycles. The maximum Gasteiger partial charge on any atom is 0.217 e. The molecule has 2 atom stereocenters. The van der Waals surface area contributed by atoms with Gasteiger partial charge in [-0.25, -0.2) is 13.7 Å². The summed E-state index contributed by atoms with van der Waals surface area (Å²) in [5, 5.41) is 5.74. The topological polar surface area (TPSA) is 61.3 Å². The van der Waals surface area contributed by atoms with Crippen molar-refractivity contribution in [3.63, 3.8) is 0 Å². The van der Waals surface area contributed by atoms with Crippen LogP contribution in [0.4, 0.5) is 4.39 Å². The van der Waals surface area contributed by atoms with Gasteiger partial charge in [0.25, 0.3) is 0 Å². The molecule has 0 radical (unpaired) electrons. The Morgan fingerprint density at radius 1 is 1.00 bits per heavy atom. The fraction of sp³-hybridized carbons (Fsp3) is 0.130. The highest BCUT2D eigenvalue weighted by atomic mass is 35.5. The molecule has 0 saturated carbocycles. The Kier molecular flexibility index (Phi) is 5.29. The third kappa shape index (κ3) is 3.51. The van der Waals surface area contributed by atoms with E-state index in [1.54, 1.807) is 22.9 Å². The van der Waals surface area contributed by atoms with Crippen LogP contribution in [0.5, 0.6) is 0 Å². The summed E-state index contributed by atoms with van der Waals surface area (Å²) in [4.78, 5) is 0. The summed E-state index contributed by atoms with van der Waals surface area (Å²) in [5.41, 5.74) is 1.46. The van der Waals surface area contributed by atoms with E-state index in [1.807, 2.05) is 42.5 Å². The number of nitrogens with zero attached hydrogens (tertiary/aromatic N) is 3. The number of ether oxygens (including phenoxy) is 1. The minimum Gasteiger partial charge on any atom is -0.354 e. The standard InChI is InChI=1S/C23H17Cl2FN4OS/c24-18-7-3-1-5-16(18)20-23(31-20,14-9-11-15(26)12-10-14)13-29-22(32)30(27)21(28-29)17-6-2-4-8-19(17)25/h1-12,20H,13,27H2/t20-,23+/m1/s1. The lowest BCUT2D eigenvalue weighted by Gasteiger charge is -2.14. The van der Waals surface area contributed by atoms with Crippen molar-refractivity contribution in [3.05, 3.63) is 105 Å². The normalized spacial score (nSPS) is 19.8. The van der Waals surface area contributed by atoms with E-state index < -0.39 is 5.60 Å². The van der Waals surface area contributed by atoms with Crippen LogP contribution >= 0.6 is 35.4 Å². The highest BCUT2D eigenvalue weighted by Crippen LogP contribution is 2.59. The molecule has 162 valence electrons. The molecule has 9 heteroatoms. The van der Waals surface area contributed by atoms with Gasteiger partial charge in [-0.2, -0.15) is 0 Å². The highest BCUT2D eigenvalue weighted by Gasteiger charge is 2.59. The smallest absolute Gasteiger partial charge is 0.217 e. The molecule has 4 aromatic rings. The van der Waals surface area contributed by atoms with Crippen LogP contribution in [0.25, 0.3) is 11.4 Å². The van der Waals surface area contributed by atoms with Gasteiger partial charge in [0, 0.05) is 16.1 Å². The monoisotopic (exact) mass is 486 g/mol. The van der Waals surface area contributed by atoms with Gasteiger partial charge in [0.15, 0.2) is 5.82 Å². The molecule has 0 unspecified atom stereocenters. The Labute approximate surface area is 198 Å².